The van der Waals surface area contributed by atoms with Crippen molar-refractivity contribution in [1.82, 2.24) is 30.6 Å². The van der Waals surface area contributed by atoms with E-state index >= 15 is 0 Å². The van der Waals surface area contributed by atoms with Crippen LogP contribution in [0.3, 0.4) is 0 Å². The molecule has 0 radical (unpaired) electrons. The fourth-order valence-corrected chi connectivity index (χ4v) is 4.13. The standard InChI is InChI=1S/C20H23N7OS/c1-11-4-5-16-15(8-11)13(3)23-18(25-16)27-19-24-14(9-17(28)26-19)10-29-20-21-7-6-12(2)22-20/h4-8,14,19,24H,9-10H2,1-3H3,(H,26,28)(H,23,25,27). The Kier molecular flexibility index (Phi) is 5.59. The van der Waals surface area contributed by atoms with Gasteiger partial charge in [-0.05, 0) is 39.0 Å². The summed E-state index contributed by atoms with van der Waals surface area (Å²) in [5, 5.41) is 11.2. The van der Waals surface area contributed by atoms with Crippen molar-refractivity contribution in [3.8, 4) is 0 Å². The molecule has 0 aliphatic carbocycles. The van der Waals surface area contributed by atoms with E-state index in [9.17, 15) is 4.79 Å². The van der Waals surface area contributed by atoms with Gasteiger partial charge in [-0.3, -0.25) is 10.1 Å². The third-order valence-electron chi connectivity index (χ3n) is 4.64. The number of aromatic nitrogens is 4. The quantitative estimate of drug-likeness (QED) is 0.436. The normalized spacial score (nSPS) is 19.2. The van der Waals surface area contributed by atoms with Crippen LogP contribution in [0.1, 0.15) is 23.4 Å². The van der Waals surface area contributed by atoms with Crippen LogP contribution in [0, 0.1) is 20.8 Å². The van der Waals surface area contributed by atoms with E-state index in [-0.39, 0.29) is 11.9 Å². The molecule has 2 atom stereocenters. The first-order valence-corrected chi connectivity index (χ1v) is 10.4. The number of benzene rings is 1. The van der Waals surface area contributed by atoms with Crippen molar-refractivity contribution in [3.63, 3.8) is 0 Å². The zero-order chi connectivity index (χ0) is 20.4. The topological polar surface area (TPSA) is 105 Å². The summed E-state index contributed by atoms with van der Waals surface area (Å²) in [6, 6.07) is 7.94. The number of nitrogens with one attached hydrogen (secondary N) is 3. The summed E-state index contributed by atoms with van der Waals surface area (Å²) in [5.74, 6) is 1.14. The third kappa shape index (κ3) is 4.80. The summed E-state index contributed by atoms with van der Waals surface area (Å²) < 4.78 is 0. The van der Waals surface area contributed by atoms with E-state index < -0.39 is 6.29 Å². The van der Waals surface area contributed by atoms with Crippen LogP contribution in [0.2, 0.25) is 0 Å². The van der Waals surface area contributed by atoms with Crippen molar-refractivity contribution in [2.45, 2.75) is 44.7 Å². The maximum atomic E-state index is 12.2. The number of hydrogen-bond acceptors (Lipinski definition) is 8. The fraction of sp³-hybridized carbons (Fsp3) is 0.350. The minimum Gasteiger partial charge on any atom is -0.323 e. The molecule has 1 amide bonds. The number of amides is 1. The third-order valence-corrected chi connectivity index (χ3v) is 5.66. The molecule has 4 rings (SSSR count). The van der Waals surface area contributed by atoms with Gasteiger partial charge in [-0.2, -0.15) is 0 Å². The van der Waals surface area contributed by atoms with Crippen LogP contribution in [0.5, 0.6) is 0 Å². The molecule has 1 aromatic carbocycles. The van der Waals surface area contributed by atoms with Crippen molar-refractivity contribution < 1.29 is 4.79 Å². The van der Waals surface area contributed by atoms with Gasteiger partial charge in [0.15, 0.2) is 11.4 Å². The van der Waals surface area contributed by atoms with Crippen molar-refractivity contribution >= 4 is 34.5 Å². The lowest BCUT2D eigenvalue weighted by Crippen LogP contribution is -2.60. The van der Waals surface area contributed by atoms with E-state index in [0.29, 0.717) is 23.3 Å². The van der Waals surface area contributed by atoms with Gasteiger partial charge in [0, 0.05) is 35.5 Å². The number of anilines is 1. The van der Waals surface area contributed by atoms with Crippen LogP contribution in [0.4, 0.5) is 5.95 Å². The summed E-state index contributed by atoms with van der Waals surface area (Å²) in [6.07, 6.45) is 1.70. The molecule has 1 fully saturated rings. The predicted molar refractivity (Wildman–Crippen MR) is 114 cm³/mol. The van der Waals surface area contributed by atoms with E-state index in [2.05, 4.69) is 42.0 Å². The monoisotopic (exact) mass is 409 g/mol. The fourth-order valence-electron chi connectivity index (χ4n) is 3.22. The molecule has 1 aliphatic rings. The number of nitrogens with zero attached hydrogens (tertiary/aromatic N) is 4. The lowest BCUT2D eigenvalue weighted by Gasteiger charge is -2.31. The minimum atomic E-state index is -0.442. The summed E-state index contributed by atoms with van der Waals surface area (Å²) >= 11 is 1.53. The molecule has 29 heavy (non-hydrogen) atoms. The van der Waals surface area contributed by atoms with E-state index in [1.54, 1.807) is 6.20 Å². The Bertz CT molecular complexity index is 1060. The number of thioether (sulfide) groups is 1. The molecule has 8 nitrogen and oxygen atoms in total. The minimum absolute atomic E-state index is 0.0143. The highest BCUT2D eigenvalue weighted by Crippen LogP contribution is 2.20. The van der Waals surface area contributed by atoms with Crippen molar-refractivity contribution in [2.24, 2.45) is 0 Å². The molecular weight excluding hydrogens is 386 g/mol. The maximum Gasteiger partial charge on any atom is 0.226 e. The summed E-state index contributed by atoms with van der Waals surface area (Å²) in [6.45, 7) is 5.94. The lowest BCUT2D eigenvalue weighted by atomic mass is 10.1. The molecule has 3 heterocycles. The Hall–Kier alpha value is -2.78. The molecule has 0 saturated carbocycles. The Morgan fingerprint density at radius 3 is 2.86 bits per heavy atom. The van der Waals surface area contributed by atoms with E-state index in [4.69, 9.17) is 0 Å². The molecule has 1 saturated heterocycles. The molecule has 2 unspecified atom stereocenters. The number of hydrogen-bond donors (Lipinski definition) is 3. The molecule has 150 valence electrons. The van der Waals surface area contributed by atoms with Gasteiger partial charge >= 0.3 is 0 Å². The molecule has 9 heteroatoms. The zero-order valence-corrected chi connectivity index (χ0v) is 17.4. The Labute approximate surface area is 173 Å². The number of rotatable bonds is 5. The van der Waals surface area contributed by atoms with Crippen molar-refractivity contribution in [1.29, 1.82) is 0 Å². The van der Waals surface area contributed by atoms with Crippen LogP contribution in [0.15, 0.2) is 35.6 Å². The largest absolute Gasteiger partial charge is 0.323 e. The Morgan fingerprint density at radius 1 is 1.17 bits per heavy atom. The van der Waals surface area contributed by atoms with Crippen LogP contribution in [0.25, 0.3) is 10.9 Å². The van der Waals surface area contributed by atoms with Crippen molar-refractivity contribution in [2.75, 3.05) is 11.1 Å². The van der Waals surface area contributed by atoms with E-state index in [1.165, 1.54) is 17.3 Å². The molecule has 2 aromatic heterocycles. The smallest absolute Gasteiger partial charge is 0.226 e. The SMILES string of the molecule is Cc1ccc2nc(NC3NC(=O)CC(CSc4nccc(C)n4)N3)nc(C)c2c1. The summed E-state index contributed by atoms with van der Waals surface area (Å²) in [7, 11) is 0. The first-order chi connectivity index (χ1) is 14.0. The highest BCUT2D eigenvalue weighted by atomic mass is 32.2. The molecule has 0 bridgehead atoms. The second kappa shape index (κ2) is 8.30. The van der Waals surface area contributed by atoms with Gasteiger partial charge in [-0.1, -0.05) is 23.4 Å². The van der Waals surface area contributed by atoms with Gasteiger partial charge in [-0.15, -0.1) is 0 Å². The number of aryl methyl sites for hydroxylation is 3. The second-order valence-corrected chi connectivity index (χ2v) is 8.14. The van der Waals surface area contributed by atoms with Gasteiger partial charge in [0.25, 0.3) is 0 Å². The van der Waals surface area contributed by atoms with Crippen LogP contribution >= 0.6 is 11.8 Å². The first kappa shape index (κ1) is 19.5. The Balaban J connectivity index is 1.44. The van der Waals surface area contributed by atoms with Gasteiger partial charge in [-0.25, -0.2) is 19.9 Å². The summed E-state index contributed by atoms with van der Waals surface area (Å²) in [4.78, 5) is 30.0. The van der Waals surface area contributed by atoms with Crippen molar-refractivity contribution in [3.05, 3.63) is 47.4 Å². The van der Waals surface area contributed by atoms with Gasteiger partial charge < -0.3 is 10.6 Å². The molecule has 3 N–H and O–H groups in total. The number of fused-ring (bicyclic) bond motifs is 1. The maximum absolute atomic E-state index is 12.2. The Morgan fingerprint density at radius 2 is 2.03 bits per heavy atom. The number of carbonyl (C=O) groups is 1. The molecular formula is C20H23N7OS. The molecule has 0 spiro atoms. The highest BCUT2D eigenvalue weighted by molar-refractivity contribution is 7.99. The van der Waals surface area contributed by atoms with Gasteiger partial charge in [0.2, 0.25) is 11.9 Å². The van der Waals surface area contributed by atoms with Crippen LogP contribution in [-0.4, -0.2) is 43.9 Å². The zero-order valence-electron chi connectivity index (χ0n) is 16.6. The highest BCUT2D eigenvalue weighted by Gasteiger charge is 2.26. The van der Waals surface area contributed by atoms with E-state index in [1.807, 2.05) is 39.0 Å². The van der Waals surface area contributed by atoms with E-state index in [0.717, 1.165) is 22.3 Å². The second-order valence-electron chi connectivity index (χ2n) is 7.16. The predicted octanol–water partition coefficient (Wildman–Crippen LogP) is 2.31. The summed E-state index contributed by atoms with van der Waals surface area (Å²) in [5.41, 5.74) is 3.86. The first-order valence-electron chi connectivity index (χ1n) is 9.46. The number of carbonyl (C=O) groups excluding carboxylic acids is 1. The average Bonchev–Trinajstić information content (AvgIpc) is 2.67. The lowest BCUT2D eigenvalue weighted by molar-refractivity contribution is -0.123. The average molecular weight is 410 g/mol. The van der Waals surface area contributed by atoms with Crippen LogP contribution < -0.4 is 16.0 Å². The van der Waals surface area contributed by atoms with Gasteiger partial charge in [0.05, 0.1) is 11.2 Å². The molecule has 1 aliphatic heterocycles. The van der Waals surface area contributed by atoms with Gasteiger partial charge in [0.1, 0.15) is 0 Å². The molecule has 3 aromatic rings. The van der Waals surface area contributed by atoms with Crippen LogP contribution in [-0.2, 0) is 4.79 Å².